The third-order valence-corrected chi connectivity index (χ3v) is 6.72. The number of ether oxygens (including phenoxy) is 1. The molecule has 2 nitrogen and oxygen atoms in total. The van der Waals surface area contributed by atoms with Crippen molar-refractivity contribution >= 4 is 21.8 Å². The van der Waals surface area contributed by atoms with Crippen molar-refractivity contribution in [3.63, 3.8) is 0 Å². The first-order chi connectivity index (χ1) is 14.8. The number of nitrogens with zero attached hydrogens (tertiary/aromatic N) is 1. The quantitative estimate of drug-likeness (QED) is 0.348. The molecule has 0 unspecified atom stereocenters. The molecule has 1 aliphatic heterocycles. The van der Waals surface area contributed by atoms with E-state index >= 15 is 0 Å². The Balaban J connectivity index is 1.59. The summed E-state index contributed by atoms with van der Waals surface area (Å²) < 4.78 is 8.94. The largest absolute Gasteiger partial charge is 0.491 e. The summed E-state index contributed by atoms with van der Waals surface area (Å²) in [5, 5.41) is 2.50. The van der Waals surface area contributed by atoms with Gasteiger partial charge in [0.05, 0.1) is 10.9 Å². The van der Waals surface area contributed by atoms with E-state index in [9.17, 15) is 0 Å². The summed E-state index contributed by atoms with van der Waals surface area (Å²) in [7, 11) is 2.14. The molecular formula is C28H23NO. The highest BCUT2D eigenvalue weighted by molar-refractivity contribution is 6.11. The van der Waals surface area contributed by atoms with E-state index in [1.165, 1.54) is 38.5 Å². The fourth-order valence-corrected chi connectivity index (χ4v) is 5.19. The number of hydrogen-bond acceptors (Lipinski definition) is 1. The summed E-state index contributed by atoms with van der Waals surface area (Å²) in [4.78, 5) is 0. The molecule has 0 N–H and O–H groups in total. The van der Waals surface area contributed by atoms with E-state index in [0.717, 1.165) is 12.2 Å². The topological polar surface area (TPSA) is 14.2 Å². The molecule has 6 rings (SSSR count). The second-order valence-corrected chi connectivity index (χ2v) is 8.30. The van der Waals surface area contributed by atoms with Gasteiger partial charge in [0.25, 0.3) is 0 Å². The fourth-order valence-electron chi connectivity index (χ4n) is 5.19. The van der Waals surface area contributed by atoms with Crippen LogP contribution in [0.5, 0.6) is 5.75 Å². The summed E-state index contributed by atoms with van der Waals surface area (Å²) in [6, 6.07) is 34.7. The minimum Gasteiger partial charge on any atom is -0.491 e. The van der Waals surface area contributed by atoms with Gasteiger partial charge in [-0.1, -0.05) is 84.9 Å². The fraction of sp³-hybridized carbons (Fsp3) is 0.143. The van der Waals surface area contributed by atoms with Crippen LogP contribution in [-0.4, -0.2) is 11.2 Å². The van der Waals surface area contributed by atoms with Gasteiger partial charge in [-0.2, -0.15) is 0 Å². The Hall–Kier alpha value is -3.52. The molecule has 0 saturated carbocycles. The summed E-state index contributed by atoms with van der Waals surface area (Å²) in [5.41, 5.74) is 6.17. The van der Waals surface area contributed by atoms with E-state index in [4.69, 9.17) is 4.74 Å². The number of hydrogen-bond donors (Lipinski definition) is 0. The van der Waals surface area contributed by atoms with Gasteiger partial charge in [-0.05, 0) is 35.2 Å². The van der Waals surface area contributed by atoms with E-state index in [-0.39, 0.29) is 5.41 Å². The van der Waals surface area contributed by atoms with Crippen molar-refractivity contribution in [1.29, 1.82) is 0 Å². The van der Waals surface area contributed by atoms with Crippen LogP contribution in [0, 0.1) is 0 Å². The Labute approximate surface area is 176 Å². The maximum Gasteiger partial charge on any atom is 0.132 e. The molecule has 0 amide bonds. The normalized spacial score (nSPS) is 15.1. The zero-order chi connectivity index (χ0) is 20.1. The number of para-hydroxylation sites is 1. The minimum atomic E-state index is -0.187. The lowest BCUT2D eigenvalue weighted by Gasteiger charge is -2.39. The lowest BCUT2D eigenvalue weighted by Crippen LogP contribution is -2.40. The molecule has 0 aliphatic carbocycles. The van der Waals surface area contributed by atoms with Crippen LogP contribution in [0.15, 0.2) is 97.1 Å². The van der Waals surface area contributed by atoms with Crippen molar-refractivity contribution in [2.24, 2.45) is 7.05 Å². The third kappa shape index (κ3) is 2.37. The summed E-state index contributed by atoms with van der Waals surface area (Å²) in [5.74, 6) is 1.05. The maximum absolute atomic E-state index is 6.67. The second-order valence-electron chi connectivity index (χ2n) is 8.30. The summed E-state index contributed by atoms with van der Waals surface area (Å²) in [6.07, 6.45) is 0.926. The summed E-state index contributed by atoms with van der Waals surface area (Å²) in [6.45, 7) is 0.635. The molecule has 5 aromatic rings. The molecule has 0 saturated heterocycles. The van der Waals surface area contributed by atoms with E-state index in [0.29, 0.717) is 6.61 Å². The number of aromatic nitrogens is 1. The Kier molecular flexibility index (Phi) is 3.76. The standard InChI is InChI=1S/C28H23NO/c1-29-24-15-9-8-14-23(24)26-25(29)17-16-20-18-28(19-30-27(20)26,21-10-4-2-5-11-21)22-12-6-3-7-13-22/h2-17H,18-19H2,1H3. The smallest absolute Gasteiger partial charge is 0.132 e. The van der Waals surface area contributed by atoms with Crippen LogP contribution >= 0.6 is 0 Å². The third-order valence-electron chi connectivity index (χ3n) is 6.72. The Morgan fingerprint density at radius 2 is 1.33 bits per heavy atom. The first kappa shape index (κ1) is 17.3. The first-order valence-electron chi connectivity index (χ1n) is 10.5. The van der Waals surface area contributed by atoms with E-state index in [2.05, 4.69) is 109 Å². The number of benzene rings is 4. The average molecular weight is 389 g/mol. The van der Waals surface area contributed by atoms with Crippen LogP contribution < -0.4 is 4.74 Å². The molecule has 0 spiro atoms. The zero-order valence-corrected chi connectivity index (χ0v) is 17.0. The highest BCUT2D eigenvalue weighted by Gasteiger charge is 2.40. The van der Waals surface area contributed by atoms with Crippen LogP contribution in [-0.2, 0) is 18.9 Å². The highest BCUT2D eigenvalue weighted by Crippen LogP contribution is 2.46. The predicted octanol–water partition coefficient (Wildman–Crippen LogP) is 6.25. The molecule has 30 heavy (non-hydrogen) atoms. The minimum absolute atomic E-state index is 0.187. The average Bonchev–Trinajstić information content (AvgIpc) is 3.12. The van der Waals surface area contributed by atoms with Crippen LogP contribution in [0.1, 0.15) is 16.7 Å². The Bertz CT molecular complexity index is 1330. The number of rotatable bonds is 2. The van der Waals surface area contributed by atoms with Crippen LogP contribution in [0.2, 0.25) is 0 Å². The van der Waals surface area contributed by atoms with Gasteiger partial charge < -0.3 is 9.30 Å². The van der Waals surface area contributed by atoms with Gasteiger partial charge in [0.15, 0.2) is 0 Å². The van der Waals surface area contributed by atoms with Gasteiger partial charge in [0, 0.05) is 23.3 Å². The van der Waals surface area contributed by atoms with Crippen molar-refractivity contribution in [2.45, 2.75) is 11.8 Å². The molecule has 146 valence electrons. The Morgan fingerprint density at radius 1 is 0.700 bits per heavy atom. The van der Waals surface area contributed by atoms with Crippen molar-refractivity contribution in [1.82, 2.24) is 4.57 Å². The zero-order valence-electron chi connectivity index (χ0n) is 17.0. The van der Waals surface area contributed by atoms with Crippen LogP contribution in [0.3, 0.4) is 0 Å². The first-order valence-corrected chi connectivity index (χ1v) is 10.5. The van der Waals surface area contributed by atoms with Gasteiger partial charge >= 0.3 is 0 Å². The van der Waals surface area contributed by atoms with Crippen molar-refractivity contribution in [3.05, 3.63) is 114 Å². The van der Waals surface area contributed by atoms with Gasteiger partial charge in [-0.25, -0.2) is 0 Å². The van der Waals surface area contributed by atoms with E-state index < -0.39 is 0 Å². The predicted molar refractivity (Wildman–Crippen MR) is 123 cm³/mol. The lowest BCUT2D eigenvalue weighted by molar-refractivity contribution is 0.218. The van der Waals surface area contributed by atoms with E-state index in [1.54, 1.807) is 0 Å². The lowest BCUT2D eigenvalue weighted by atomic mass is 9.69. The van der Waals surface area contributed by atoms with Gasteiger partial charge in [-0.15, -0.1) is 0 Å². The molecule has 1 aliphatic rings. The van der Waals surface area contributed by atoms with E-state index in [1.807, 2.05) is 0 Å². The van der Waals surface area contributed by atoms with Gasteiger partial charge in [-0.3, -0.25) is 0 Å². The second kappa shape index (κ2) is 6.50. The molecular weight excluding hydrogens is 366 g/mol. The molecule has 0 fully saturated rings. The van der Waals surface area contributed by atoms with Crippen molar-refractivity contribution < 1.29 is 4.74 Å². The number of fused-ring (bicyclic) bond motifs is 5. The van der Waals surface area contributed by atoms with Crippen molar-refractivity contribution in [3.8, 4) is 5.75 Å². The maximum atomic E-state index is 6.67. The number of aryl methyl sites for hydroxylation is 1. The van der Waals surface area contributed by atoms with Crippen LogP contribution in [0.25, 0.3) is 21.8 Å². The van der Waals surface area contributed by atoms with Crippen LogP contribution in [0.4, 0.5) is 0 Å². The molecule has 0 atom stereocenters. The van der Waals surface area contributed by atoms with Crippen molar-refractivity contribution in [2.75, 3.05) is 6.61 Å². The molecule has 1 aromatic heterocycles. The summed E-state index contributed by atoms with van der Waals surface area (Å²) >= 11 is 0. The molecule has 0 bridgehead atoms. The van der Waals surface area contributed by atoms with Gasteiger partial charge in [0.2, 0.25) is 0 Å². The highest BCUT2D eigenvalue weighted by atomic mass is 16.5. The Morgan fingerprint density at radius 3 is 2.03 bits per heavy atom. The molecule has 0 radical (unpaired) electrons. The SMILES string of the molecule is Cn1c2ccccc2c2c3c(ccc21)CC(c1ccccc1)(c1ccccc1)CO3. The van der Waals surface area contributed by atoms with Gasteiger partial charge in [0.1, 0.15) is 12.4 Å². The molecule has 2 heterocycles. The monoisotopic (exact) mass is 389 g/mol. The molecule has 4 aromatic carbocycles. The molecule has 2 heteroatoms.